The van der Waals surface area contributed by atoms with Crippen LogP contribution in [0.3, 0.4) is 0 Å². The molecular weight excluding hydrogens is 330 g/mol. The van der Waals surface area contributed by atoms with Gasteiger partial charge in [0.2, 0.25) is 0 Å². The van der Waals surface area contributed by atoms with Crippen LogP contribution in [0.15, 0.2) is 18.6 Å². The zero-order chi connectivity index (χ0) is 16.8. The zero-order valence-electron chi connectivity index (χ0n) is 11.7. The van der Waals surface area contributed by atoms with Gasteiger partial charge in [0.15, 0.2) is 6.23 Å². The lowest BCUT2D eigenvalue weighted by atomic mass is 10.1. The third kappa shape index (κ3) is 2.99. The first-order chi connectivity index (χ1) is 10.8. The summed E-state index contributed by atoms with van der Waals surface area (Å²) in [5.41, 5.74) is 6.14. The van der Waals surface area contributed by atoms with Gasteiger partial charge < -0.3 is 25.3 Å². The monoisotopic (exact) mass is 345 g/mol. The van der Waals surface area contributed by atoms with E-state index in [4.69, 9.17) is 15.6 Å². The lowest BCUT2D eigenvalue weighted by Gasteiger charge is -2.17. The lowest BCUT2D eigenvalue weighted by molar-refractivity contribution is -0.0464. The molecule has 0 radical (unpaired) electrons. The van der Waals surface area contributed by atoms with Gasteiger partial charge in [0.1, 0.15) is 36.1 Å². The molecule has 0 unspecified atom stereocenters. The highest BCUT2D eigenvalue weighted by Crippen LogP contribution is 2.32. The summed E-state index contributed by atoms with van der Waals surface area (Å²) in [5, 5.41) is 25.4. The fraction of sp³-hybridized carbons (Fsp3) is 0.455. The molecule has 0 bridgehead atoms. The van der Waals surface area contributed by atoms with Gasteiger partial charge >= 0.3 is 10.3 Å². The van der Waals surface area contributed by atoms with E-state index in [1.54, 1.807) is 12.3 Å². The molecule has 1 saturated heterocycles. The Hall–Kier alpha value is -1.83. The van der Waals surface area contributed by atoms with Gasteiger partial charge in [-0.25, -0.2) is 15.1 Å². The van der Waals surface area contributed by atoms with E-state index in [2.05, 4.69) is 14.2 Å². The summed E-state index contributed by atoms with van der Waals surface area (Å²) in [6.45, 7) is -0.524. The average molecular weight is 345 g/mol. The first-order valence-corrected chi connectivity index (χ1v) is 8.01. The minimum absolute atomic E-state index is 0.260. The summed E-state index contributed by atoms with van der Waals surface area (Å²) in [6.07, 6.45) is -1.93. The third-order valence-corrected chi connectivity index (χ3v) is 4.01. The Balaban J connectivity index is 1.86. The quantitative estimate of drug-likeness (QED) is 0.481. The molecule has 0 amide bonds. The fourth-order valence-corrected chi connectivity index (χ4v) is 2.78. The number of nitrogens with two attached hydrogens (primary N) is 2. The van der Waals surface area contributed by atoms with Gasteiger partial charge in [-0.3, -0.25) is 4.18 Å². The highest BCUT2D eigenvalue weighted by molar-refractivity contribution is 7.84. The topological polar surface area (TPSA) is 176 Å². The Bertz CT molecular complexity index is 823. The van der Waals surface area contributed by atoms with Crippen LogP contribution < -0.4 is 10.9 Å². The molecule has 4 atom stereocenters. The van der Waals surface area contributed by atoms with Crippen molar-refractivity contribution in [3.63, 3.8) is 0 Å². The molecule has 12 heteroatoms. The van der Waals surface area contributed by atoms with Crippen LogP contribution in [0.25, 0.3) is 11.0 Å². The van der Waals surface area contributed by atoms with Crippen LogP contribution in [-0.2, 0) is 19.2 Å². The number of fused-ring (bicyclic) bond motifs is 1. The van der Waals surface area contributed by atoms with Crippen molar-refractivity contribution in [3.8, 4) is 0 Å². The number of ether oxygens (including phenoxy) is 1. The molecule has 0 aromatic carbocycles. The number of hydrogen-bond acceptors (Lipinski definition) is 9. The summed E-state index contributed by atoms with van der Waals surface area (Å²) >= 11 is 0. The van der Waals surface area contributed by atoms with E-state index in [-0.39, 0.29) is 5.82 Å². The molecule has 0 saturated carbocycles. The number of anilines is 1. The molecule has 2 aromatic rings. The van der Waals surface area contributed by atoms with Crippen LogP contribution in [0, 0.1) is 0 Å². The van der Waals surface area contributed by atoms with Gasteiger partial charge in [0, 0.05) is 6.20 Å². The molecule has 3 rings (SSSR count). The molecule has 0 aliphatic carbocycles. The SMILES string of the molecule is Nc1ncnc2c1ccn2[C@H]1O[C@@H](COS(N)(=O)=O)[C@@H](O)[C@@H]1O. The number of nitrogens with zero attached hydrogens (tertiary/aromatic N) is 3. The molecule has 2 aromatic heterocycles. The molecule has 0 spiro atoms. The summed E-state index contributed by atoms with van der Waals surface area (Å²) in [4.78, 5) is 7.92. The second-order valence-corrected chi connectivity index (χ2v) is 6.26. The van der Waals surface area contributed by atoms with Gasteiger partial charge in [-0.1, -0.05) is 0 Å². The maximum atomic E-state index is 10.8. The van der Waals surface area contributed by atoms with E-state index < -0.39 is 41.5 Å². The fourth-order valence-electron chi connectivity index (χ4n) is 2.45. The van der Waals surface area contributed by atoms with E-state index in [1.807, 2.05) is 0 Å². The normalized spacial score (nSPS) is 28.5. The lowest BCUT2D eigenvalue weighted by Crippen LogP contribution is -2.35. The van der Waals surface area contributed by atoms with Crippen LogP contribution >= 0.6 is 0 Å². The Morgan fingerprint density at radius 3 is 2.78 bits per heavy atom. The first-order valence-electron chi connectivity index (χ1n) is 6.53. The average Bonchev–Trinajstić information content (AvgIpc) is 3.01. The largest absolute Gasteiger partial charge is 0.387 e. The molecule has 1 aliphatic heterocycles. The van der Waals surface area contributed by atoms with Crippen LogP contribution in [0.5, 0.6) is 0 Å². The van der Waals surface area contributed by atoms with E-state index in [0.717, 1.165) is 0 Å². The van der Waals surface area contributed by atoms with Crippen LogP contribution in [0.2, 0.25) is 0 Å². The van der Waals surface area contributed by atoms with Crippen molar-refractivity contribution in [1.29, 1.82) is 0 Å². The number of nitrogen functional groups attached to an aromatic ring is 1. The number of aromatic nitrogens is 3. The highest BCUT2D eigenvalue weighted by Gasteiger charge is 2.44. The van der Waals surface area contributed by atoms with Crippen LogP contribution in [-0.4, -0.2) is 58.1 Å². The maximum Gasteiger partial charge on any atom is 0.333 e. The van der Waals surface area contributed by atoms with Gasteiger partial charge in [-0.05, 0) is 6.07 Å². The van der Waals surface area contributed by atoms with Crippen LogP contribution in [0.1, 0.15) is 6.23 Å². The smallest absolute Gasteiger partial charge is 0.333 e. The Kier molecular flexibility index (Phi) is 3.95. The second kappa shape index (κ2) is 5.67. The van der Waals surface area contributed by atoms with Crippen molar-refractivity contribution < 1.29 is 27.6 Å². The predicted molar refractivity (Wildman–Crippen MR) is 76.9 cm³/mol. The summed E-state index contributed by atoms with van der Waals surface area (Å²) < 4.78 is 33.0. The van der Waals surface area contributed by atoms with Gasteiger partial charge in [0.25, 0.3) is 0 Å². The highest BCUT2D eigenvalue weighted by atomic mass is 32.2. The number of rotatable bonds is 4. The van der Waals surface area contributed by atoms with E-state index in [9.17, 15) is 18.6 Å². The number of hydrogen-bond donors (Lipinski definition) is 4. The standard InChI is InChI=1S/C11H15N5O6S/c12-9-5-1-2-16(10(5)15-4-14-9)11-8(18)7(17)6(22-11)3-21-23(13,19)20/h1-2,4,6-8,11,17-18H,3H2,(H2,12,14,15)(H2,13,19,20)/t6-,7+,8-,11-/m0/s1. The third-order valence-electron chi connectivity index (χ3n) is 3.55. The summed E-state index contributed by atoms with van der Waals surface area (Å²) in [5.74, 6) is 0.260. The summed E-state index contributed by atoms with van der Waals surface area (Å²) in [7, 11) is -4.18. The van der Waals surface area contributed by atoms with Crippen molar-refractivity contribution in [2.75, 3.05) is 12.3 Å². The second-order valence-electron chi connectivity index (χ2n) is 5.04. The Morgan fingerprint density at radius 1 is 1.35 bits per heavy atom. The zero-order valence-corrected chi connectivity index (χ0v) is 12.5. The van der Waals surface area contributed by atoms with Crippen molar-refractivity contribution in [2.24, 2.45) is 5.14 Å². The molecule has 1 fully saturated rings. The van der Waals surface area contributed by atoms with Crippen LogP contribution in [0.4, 0.5) is 5.82 Å². The predicted octanol–water partition coefficient (Wildman–Crippen LogP) is -2.15. The van der Waals surface area contributed by atoms with Gasteiger partial charge in [0.05, 0.1) is 12.0 Å². The molecule has 1 aliphatic rings. The Labute approximate surface area is 130 Å². The number of aliphatic hydroxyl groups excluding tert-OH is 2. The van der Waals surface area contributed by atoms with E-state index in [0.29, 0.717) is 11.0 Å². The van der Waals surface area contributed by atoms with Crippen molar-refractivity contribution >= 4 is 27.2 Å². The van der Waals surface area contributed by atoms with E-state index in [1.165, 1.54) is 10.9 Å². The minimum Gasteiger partial charge on any atom is -0.387 e. The molecule has 126 valence electrons. The molecular formula is C11H15N5O6S. The molecule has 6 N–H and O–H groups in total. The molecule has 3 heterocycles. The van der Waals surface area contributed by atoms with Gasteiger partial charge in [-0.2, -0.15) is 8.42 Å². The maximum absolute atomic E-state index is 10.8. The Morgan fingerprint density at radius 2 is 2.09 bits per heavy atom. The van der Waals surface area contributed by atoms with Crippen molar-refractivity contribution in [1.82, 2.24) is 14.5 Å². The minimum atomic E-state index is -4.18. The van der Waals surface area contributed by atoms with Crippen molar-refractivity contribution in [3.05, 3.63) is 18.6 Å². The summed E-state index contributed by atoms with van der Waals surface area (Å²) in [6, 6.07) is 1.64. The van der Waals surface area contributed by atoms with E-state index >= 15 is 0 Å². The first kappa shape index (κ1) is 16.0. The van der Waals surface area contributed by atoms with Crippen molar-refractivity contribution in [2.45, 2.75) is 24.5 Å². The molecule has 11 nitrogen and oxygen atoms in total. The number of aliphatic hydroxyl groups is 2. The molecule has 23 heavy (non-hydrogen) atoms. The van der Waals surface area contributed by atoms with Gasteiger partial charge in [-0.15, -0.1) is 0 Å².